The maximum Gasteiger partial charge on any atom is 0.408 e. The first kappa shape index (κ1) is 52.6. The first-order valence-corrected chi connectivity index (χ1v) is 23.1. The van der Waals surface area contributed by atoms with E-state index in [4.69, 9.17) is 14.2 Å². The molecule has 2 aromatic carbocycles. The number of H-pyrrole nitrogens is 2. The van der Waals surface area contributed by atoms with Gasteiger partial charge in [0.2, 0.25) is 29.5 Å². The normalized spacial score (nSPS) is 15.1. The van der Waals surface area contributed by atoms with Gasteiger partial charge in [0.05, 0.1) is 37.0 Å². The molecule has 3 heterocycles. The molecule has 4 aromatic rings. The first-order valence-electron chi connectivity index (χ1n) is 22.1. The molecule has 69 heavy (non-hydrogen) atoms. The Morgan fingerprint density at radius 1 is 0.870 bits per heavy atom. The summed E-state index contributed by atoms with van der Waals surface area (Å²) in [4.78, 5) is 118. The molecule has 5 rings (SSSR count). The average Bonchev–Trinajstić information content (AvgIpc) is 4.06. The van der Waals surface area contributed by atoms with Gasteiger partial charge in [0, 0.05) is 59.8 Å². The van der Waals surface area contributed by atoms with Crippen LogP contribution in [0, 0.1) is 0 Å². The van der Waals surface area contributed by atoms with E-state index < -0.39 is 89.9 Å². The second-order valence-electron chi connectivity index (χ2n) is 17.2. The molecule has 5 atom stereocenters. The first-order chi connectivity index (χ1) is 32.7. The van der Waals surface area contributed by atoms with E-state index in [9.17, 15) is 38.4 Å². The number of fused-ring (bicyclic) bond motifs is 2. The predicted octanol–water partition coefficient (Wildman–Crippen LogP) is 2.11. The number of rotatable bonds is 21. The number of carbonyl (C=O) groups excluding carboxylic acids is 8. The van der Waals surface area contributed by atoms with Crippen LogP contribution in [-0.2, 0) is 55.9 Å². The van der Waals surface area contributed by atoms with Crippen molar-refractivity contribution in [2.24, 2.45) is 4.99 Å². The van der Waals surface area contributed by atoms with Crippen molar-refractivity contribution in [3.05, 3.63) is 78.3 Å². The number of aliphatic imine (C=N–C) groups is 1. The maximum absolute atomic E-state index is 14.6. The lowest BCUT2D eigenvalue weighted by Crippen LogP contribution is -2.57. The molecule has 0 bridgehead atoms. The zero-order valence-electron chi connectivity index (χ0n) is 39.8. The fourth-order valence-corrected chi connectivity index (χ4v) is 8.29. The van der Waals surface area contributed by atoms with Gasteiger partial charge in [-0.2, -0.15) is 0 Å². The summed E-state index contributed by atoms with van der Waals surface area (Å²) in [7, 11) is 2.83. The van der Waals surface area contributed by atoms with Crippen LogP contribution in [0.3, 0.4) is 0 Å². The van der Waals surface area contributed by atoms with E-state index in [1.165, 1.54) is 32.8 Å². The molecule has 1 aliphatic heterocycles. The van der Waals surface area contributed by atoms with Crippen molar-refractivity contribution in [2.45, 2.75) is 90.2 Å². The van der Waals surface area contributed by atoms with Crippen LogP contribution in [0.1, 0.15) is 52.7 Å². The van der Waals surface area contributed by atoms with Gasteiger partial charge in [-0.3, -0.25) is 38.6 Å². The van der Waals surface area contributed by atoms with Crippen molar-refractivity contribution in [3.8, 4) is 5.75 Å². The van der Waals surface area contributed by atoms with E-state index in [0.29, 0.717) is 32.8 Å². The van der Waals surface area contributed by atoms with Crippen molar-refractivity contribution in [3.63, 3.8) is 0 Å². The summed E-state index contributed by atoms with van der Waals surface area (Å²) in [5, 5.41) is 17.7. The monoisotopic (exact) mass is 972 g/mol. The fourth-order valence-electron chi connectivity index (χ4n) is 7.22. The van der Waals surface area contributed by atoms with E-state index in [1.807, 2.05) is 30.3 Å². The fraction of sp³-hybridized carbons (Fsp3) is 0.426. The number of methoxy groups -OCH3 is 1. The Hall–Kier alpha value is -7.36. The number of likely N-dealkylation sites (N-methyl/N-ethyl adjacent to an activating group) is 1. The minimum atomic E-state index is -1.33. The number of aromatic amines is 2. The van der Waals surface area contributed by atoms with E-state index >= 15 is 0 Å². The molecule has 8 N–H and O–H groups in total. The molecule has 0 saturated carbocycles. The van der Waals surface area contributed by atoms with Gasteiger partial charge in [-0.05, 0) is 70.9 Å². The molecule has 7 amide bonds. The number of nitrogens with zero attached hydrogens (tertiary/aromatic N) is 2. The molecule has 21 nitrogen and oxygen atoms in total. The van der Waals surface area contributed by atoms with Gasteiger partial charge in [0.15, 0.2) is 0 Å². The van der Waals surface area contributed by atoms with Crippen molar-refractivity contribution >= 4 is 86.1 Å². The molecule has 22 heteroatoms. The number of nitrogens with one attached hydrogen (secondary N) is 8. The summed E-state index contributed by atoms with van der Waals surface area (Å²) < 4.78 is 15.8. The van der Waals surface area contributed by atoms with Crippen LogP contribution < -0.4 is 36.6 Å². The third kappa shape index (κ3) is 14.6. The quantitative estimate of drug-likeness (QED) is 0.0441. The summed E-state index contributed by atoms with van der Waals surface area (Å²) in [5.74, 6) is -4.30. The number of alkyl carbamates (subject to hydrolysis) is 1. The van der Waals surface area contributed by atoms with E-state index in [2.05, 4.69) is 53.4 Å². The topological polar surface area (TPSA) is 284 Å². The van der Waals surface area contributed by atoms with Gasteiger partial charge in [-0.15, -0.1) is 11.8 Å². The summed E-state index contributed by atoms with van der Waals surface area (Å²) in [6.07, 6.45) is 2.69. The van der Waals surface area contributed by atoms with Crippen LogP contribution in [0.15, 0.2) is 72.1 Å². The third-order valence-corrected chi connectivity index (χ3v) is 11.8. The lowest BCUT2D eigenvalue weighted by atomic mass is 10.0. The molecular formula is C47H60N10O11S. The Morgan fingerprint density at radius 3 is 2.25 bits per heavy atom. The van der Waals surface area contributed by atoms with Crippen LogP contribution in [-0.4, -0.2) is 143 Å². The van der Waals surface area contributed by atoms with Crippen molar-refractivity contribution in [2.75, 3.05) is 39.6 Å². The standard InChI is InChI=1S/C47H60N10O11S/c1-10-67-38(59)23-57(8)45(64)27(4)52-40(60)25(2)51-37(58)22-50-41(61)33(19-29-21-49-32-16-13-17-36(66-9)39(29)32)54-42(62)34(18-28-20-48-31-15-12-11-14-30(28)31)55-43(63)35-24-69-44(56-35)26(3)53-46(65)68-47(5,6)7/h11-17,20-21,25-26,33-35,48-49H,4,10,18-19,22-24H2,1-3,5-9H3,(H,50,61)(H,51,58)(H,52,60)(H,53,65)(H,54,62)(H,55,63)/t25-,26-,33+,34+,35?/m1/s1. The lowest BCUT2D eigenvalue weighted by molar-refractivity contribution is -0.147. The number of hydrogen-bond donors (Lipinski definition) is 8. The predicted molar refractivity (Wildman–Crippen MR) is 259 cm³/mol. The Balaban J connectivity index is 1.33. The molecule has 0 aliphatic carbocycles. The average molecular weight is 973 g/mol. The van der Waals surface area contributed by atoms with Gasteiger partial charge in [0.1, 0.15) is 42.1 Å². The SMILES string of the molecule is C=C(NC(=O)[C@@H](C)NC(=O)CNC(=O)[C@H](Cc1c[nH]c2cccc(OC)c12)NC(=O)[C@H](Cc1c[nH]c2ccccc12)NC(=O)C1CSC([C@@H](C)NC(=O)OC(C)(C)C)=N1)C(=O)N(C)CC(=O)OCC. The molecular weight excluding hydrogens is 913 g/mol. The van der Waals surface area contributed by atoms with Gasteiger partial charge >= 0.3 is 12.1 Å². The Kier molecular flexibility index (Phi) is 18.0. The lowest BCUT2D eigenvalue weighted by Gasteiger charge is -2.24. The van der Waals surface area contributed by atoms with Gasteiger partial charge < -0.3 is 61.0 Å². The summed E-state index contributed by atoms with van der Waals surface area (Å²) in [6.45, 7) is 12.6. The van der Waals surface area contributed by atoms with E-state index in [0.717, 1.165) is 15.8 Å². The summed E-state index contributed by atoms with van der Waals surface area (Å²) in [6, 6.07) is 7.56. The summed E-state index contributed by atoms with van der Waals surface area (Å²) in [5.41, 5.74) is 1.73. The number of thioether (sulfide) groups is 1. The van der Waals surface area contributed by atoms with Gasteiger partial charge in [-0.1, -0.05) is 30.8 Å². The number of benzene rings is 2. The molecule has 1 unspecified atom stereocenters. The Labute approximate surface area is 403 Å². The van der Waals surface area contributed by atoms with Crippen LogP contribution in [0.4, 0.5) is 4.79 Å². The number of aromatic nitrogens is 2. The number of amides is 7. The second kappa shape index (κ2) is 23.6. The summed E-state index contributed by atoms with van der Waals surface area (Å²) >= 11 is 1.29. The number of esters is 1. The van der Waals surface area contributed by atoms with Crippen molar-refractivity contribution < 1.29 is 52.6 Å². The molecule has 0 saturated heterocycles. The zero-order valence-corrected chi connectivity index (χ0v) is 40.6. The largest absolute Gasteiger partial charge is 0.496 e. The van der Waals surface area contributed by atoms with Crippen LogP contribution in [0.2, 0.25) is 0 Å². The minimum Gasteiger partial charge on any atom is -0.496 e. The highest BCUT2D eigenvalue weighted by Crippen LogP contribution is 2.30. The Morgan fingerprint density at radius 2 is 1.54 bits per heavy atom. The highest BCUT2D eigenvalue weighted by Gasteiger charge is 2.34. The van der Waals surface area contributed by atoms with Crippen molar-refractivity contribution in [1.82, 2.24) is 46.8 Å². The van der Waals surface area contributed by atoms with Crippen LogP contribution in [0.25, 0.3) is 21.8 Å². The molecule has 0 spiro atoms. The Bertz CT molecular complexity index is 2620. The van der Waals surface area contributed by atoms with Gasteiger partial charge in [0.25, 0.3) is 5.91 Å². The van der Waals surface area contributed by atoms with E-state index in [1.54, 1.807) is 59.1 Å². The zero-order chi connectivity index (χ0) is 50.6. The van der Waals surface area contributed by atoms with Crippen LogP contribution >= 0.6 is 11.8 Å². The van der Waals surface area contributed by atoms with E-state index in [-0.39, 0.29) is 37.4 Å². The smallest absolute Gasteiger partial charge is 0.408 e. The molecule has 0 fully saturated rings. The minimum absolute atomic E-state index is 0.00589. The number of ether oxygens (including phenoxy) is 3. The highest BCUT2D eigenvalue weighted by molar-refractivity contribution is 8.14. The number of carbonyl (C=O) groups is 8. The van der Waals surface area contributed by atoms with Gasteiger partial charge in [-0.25, -0.2) is 4.79 Å². The highest BCUT2D eigenvalue weighted by atomic mass is 32.2. The third-order valence-electron chi connectivity index (χ3n) is 10.6. The number of hydrogen-bond acceptors (Lipinski definition) is 13. The van der Waals surface area contributed by atoms with Crippen molar-refractivity contribution in [1.29, 1.82) is 0 Å². The number of para-hydroxylation sites is 1. The molecule has 0 radical (unpaired) electrons. The maximum atomic E-state index is 14.6. The molecule has 1 aliphatic rings. The van der Waals surface area contributed by atoms with Crippen LogP contribution in [0.5, 0.6) is 5.75 Å². The molecule has 370 valence electrons. The second-order valence-corrected chi connectivity index (χ2v) is 18.2. The molecule has 2 aromatic heterocycles.